The number of piperidine rings is 1. The third kappa shape index (κ3) is 3.45. The van der Waals surface area contributed by atoms with Crippen LogP contribution in [0.4, 0.5) is 10.6 Å². The lowest BCUT2D eigenvalue weighted by molar-refractivity contribution is -0.0431. The summed E-state index contributed by atoms with van der Waals surface area (Å²) in [6, 6.07) is 6.65. The highest BCUT2D eigenvalue weighted by Crippen LogP contribution is 2.35. The first-order chi connectivity index (χ1) is 12.6. The van der Waals surface area contributed by atoms with Crippen molar-refractivity contribution in [1.29, 1.82) is 0 Å². The van der Waals surface area contributed by atoms with Gasteiger partial charge >= 0.3 is 6.09 Å². The predicted octanol–water partition coefficient (Wildman–Crippen LogP) is 3.18. The molecule has 142 valence electrons. The van der Waals surface area contributed by atoms with E-state index >= 15 is 0 Å². The molecule has 0 aliphatic carbocycles. The largest absolute Gasteiger partial charge is 0.440 e. The molecule has 3 aliphatic heterocycles. The summed E-state index contributed by atoms with van der Waals surface area (Å²) in [6.45, 7) is 8.63. The summed E-state index contributed by atoms with van der Waals surface area (Å²) in [5.41, 5.74) is 0.710. The maximum absolute atomic E-state index is 12.5. The summed E-state index contributed by atoms with van der Waals surface area (Å²) in [7, 11) is 0. The van der Waals surface area contributed by atoms with E-state index in [0.717, 1.165) is 50.3 Å². The Balaban J connectivity index is 1.47. The number of hydrogen-bond acceptors (Lipinski definition) is 5. The molecule has 0 unspecified atom stereocenters. The van der Waals surface area contributed by atoms with Crippen molar-refractivity contribution in [2.75, 3.05) is 37.7 Å². The number of anilines is 1. The van der Waals surface area contributed by atoms with Crippen LogP contribution in [0.2, 0.25) is 0 Å². The molecule has 0 saturated carbocycles. The maximum Gasteiger partial charge on any atom is 0.416 e. The van der Waals surface area contributed by atoms with Crippen LogP contribution in [-0.4, -0.2) is 60.5 Å². The molecule has 26 heavy (non-hydrogen) atoms. The molecule has 1 amide bonds. The van der Waals surface area contributed by atoms with E-state index < -0.39 is 5.60 Å². The van der Waals surface area contributed by atoms with Gasteiger partial charge in [0.25, 0.3) is 0 Å². The van der Waals surface area contributed by atoms with Crippen LogP contribution in [0.15, 0.2) is 18.2 Å². The fraction of sp³-hybridized carbons (Fsp3) is 0.700. The maximum atomic E-state index is 12.5. The van der Waals surface area contributed by atoms with Crippen molar-refractivity contribution < 1.29 is 14.3 Å². The molecule has 1 spiro atoms. The molecular formula is C20H29N3O3. The lowest BCUT2D eigenvalue weighted by Crippen LogP contribution is -2.40. The number of ether oxygens (including phenoxy) is 2. The number of aromatic nitrogens is 1. The van der Waals surface area contributed by atoms with Gasteiger partial charge in [-0.1, -0.05) is 6.07 Å². The van der Waals surface area contributed by atoms with Crippen molar-refractivity contribution in [3.8, 4) is 0 Å². The Hall–Kier alpha value is -1.66. The average Bonchev–Trinajstić information content (AvgIpc) is 2.98. The number of amides is 1. The molecule has 3 aliphatic rings. The quantitative estimate of drug-likeness (QED) is 0.830. The van der Waals surface area contributed by atoms with Crippen molar-refractivity contribution in [3.05, 3.63) is 23.9 Å². The Kier molecular flexibility index (Phi) is 4.88. The highest BCUT2D eigenvalue weighted by molar-refractivity contribution is 5.89. The first-order valence-electron chi connectivity index (χ1n) is 9.86. The van der Waals surface area contributed by atoms with Crippen molar-refractivity contribution in [3.63, 3.8) is 0 Å². The molecule has 6 nitrogen and oxygen atoms in total. The highest BCUT2D eigenvalue weighted by atomic mass is 16.6. The van der Waals surface area contributed by atoms with Crippen LogP contribution in [0.25, 0.3) is 0 Å². The van der Waals surface area contributed by atoms with Gasteiger partial charge in [-0.3, -0.25) is 4.90 Å². The van der Waals surface area contributed by atoms with Crippen LogP contribution >= 0.6 is 0 Å². The van der Waals surface area contributed by atoms with Crippen LogP contribution in [0.1, 0.15) is 51.1 Å². The van der Waals surface area contributed by atoms with Crippen LogP contribution in [-0.2, 0) is 9.47 Å². The number of rotatable bonds is 3. The second kappa shape index (κ2) is 7.16. The van der Waals surface area contributed by atoms with E-state index in [2.05, 4.69) is 24.8 Å². The van der Waals surface area contributed by atoms with Crippen LogP contribution in [0.3, 0.4) is 0 Å². The first-order valence-corrected chi connectivity index (χ1v) is 9.86. The van der Waals surface area contributed by atoms with Crippen LogP contribution in [0, 0.1) is 0 Å². The zero-order chi connectivity index (χ0) is 18.1. The normalized spacial score (nSPS) is 24.4. The van der Waals surface area contributed by atoms with E-state index in [4.69, 9.17) is 14.5 Å². The van der Waals surface area contributed by atoms with Gasteiger partial charge in [0, 0.05) is 30.5 Å². The summed E-state index contributed by atoms with van der Waals surface area (Å²) in [5, 5.41) is 0. The van der Waals surface area contributed by atoms with E-state index in [-0.39, 0.29) is 6.09 Å². The lowest BCUT2D eigenvalue weighted by atomic mass is 9.92. The smallest absolute Gasteiger partial charge is 0.416 e. The zero-order valence-electron chi connectivity index (χ0n) is 15.8. The number of carbonyl (C=O) groups excluding carboxylic acids is 1. The van der Waals surface area contributed by atoms with Gasteiger partial charge in [0.1, 0.15) is 11.4 Å². The molecule has 4 heterocycles. The SMILES string of the molecule is CC(C)N1CCC(c2cccc(N3CC4(CCOCC4)OC3=O)n2)CC1. The van der Waals surface area contributed by atoms with Crippen LogP contribution in [0.5, 0.6) is 0 Å². The Labute approximate surface area is 155 Å². The Morgan fingerprint density at radius 1 is 1.19 bits per heavy atom. The second-order valence-electron chi connectivity index (χ2n) is 8.07. The van der Waals surface area contributed by atoms with Gasteiger partial charge in [-0.05, 0) is 51.9 Å². The molecular weight excluding hydrogens is 330 g/mol. The van der Waals surface area contributed by atoms with Gasteiger partial charge < -0.3 is 14.4 Å². The monoisotopic (exact) mass is 359 g/mol. The number of pyridine rings is 1. The standard InChI is InChI=1S/C20H29N3O3/c1-15(2)22-10-6-16(7-11-22)17-4-3-5-18(21-17)23-14-20(26-19(23)24)8-12-25-13-9-20/h3-5,15-16H,6-14H2,1-2H3. The van der Waals surface area contributed by atoms with Gasteiger partial charge in [0.15, 0.2) is 0 Å². The third-order valence-corrected chi connectivity index (χ3v) is 6.09. The summed E-state index contributed by atoms with van der Waals surface area (Å²) in [5.74, 6) is 1.20. The molecule has 1 aromatic heterocycles. The van der Waals surface area contributed by atoms with Gasteiger partial charge in [0.2, 0.25) is 0 Å². The molecule has 0 bridgehead atoms. The fourth-order valence-corrected chi connectivity index (χ4v) is 4.33. The predicted molar refractivity (Wildman–Crippen MR) is 99.5 cm³/mol. The van der Waals surface area contributed by atoms with Gasteiger partial charge in [-0.2, -0.15) is 0 Å². The molecule has 3 fully saturated rings. The van der Waals surface area contributed by atoms with Crippen molar-refractivity contribution in [1.82, 2.24) is 9.88 Å². The Morgan fingerprint density at radius 3 is 2.62 bits per heavy atom. The van der Waals surface area contributed by atoms with Crippen LogP contribution < -0.4 is 4.90 Å². The Morgan fingerprint density at radius 2 is 1.92 bits per heavy atom. The number of likely N-dealkylation sites (tertiary alicyclic amines) is 1. The molecule has 6 heteroatoms. The second-order valence-corrected chi connectivity index (χ2v) is 8.07. The first kappa shape index (κ1) is 17.7. The molecule has 0 radical (unpaired) electrons. The summed E-state index contributed by atoms with van der Waals surface area (Å²) in [4.78, 5) is 21.5. The topological polar surface area (TPSA) is 54.9 Å². The minimum Gasteiger partial charge on any atom is -0.440 e. The van der Waals surface area contributed by atoms with Gasteiger partial charge in [0.05, 0.1) is 19.8 Å². The molecule has 0 aromatic carbocycles. The highest BCUT2D eigenvalue weighted by Gasteiger charge is 2.47. The van der Waals surface area contributed by atoms with E-state index in [1.165, 1.54) is 0 Å². The number of nitrogens with zero attached hydrogens (tertiary/aromatic N) is 3. The van der Waals surface area contributed by atoms with Crippen molar-refractivity contribution >= 4 is 11.9 Å². The molecule has 0 atom stereocenters. The Bertz CT molecular complexity index is 649. The van der Waals surface area contributed by atoms with E-state index in [9.17, 15) is 4.79 Å². The summed E-state index contributed by atoms with van der Waals surface area (Å²) >= 11 is 0. The fourth-order valence-electron chi connectivity index (χ4n) is 4.33. The summed E-state index contributed by atoms with van der Waals surface area (Å²) in [6.07, 6.45) is 3.51. The number of hydrogen-bond donors (Lipinski definition) is 0. The summed E-state index contributed by atoms with van der Waals surface area (Å²) < 4.78 is 11.2. The minimum atomic E-state index is -0.393. The molecule has 1 aromatic rings. The lowest BCUT2D eigenvalue weighted by Gasteiger charge is -2.34. The van der Waals surface area contributed by atoms with Gasteiger partial charge in [-0.25, -0.2) is 9.78 Å². The van der Waals surface area contributed by atoms with E-state index in [1.807, 2.05) is 12.1 Å². The average molecular weight is 359 g/mol. The minimum absolute atomic E-state index is 0.272. The number of carbonyl (C=O) groups is 1. The van der Waals surface area contributed by atoms with E-state index in [0.29, 0.717) is 31.7 Å². The van der Waals surface area contributed by atoms with Crippen molar-refractivity contribution in [2.45, 2.75) is 57.1 Å². The van der Waals surface area contributed by atoms with Crippen molar-refractivity contribution in [2.24, 2.45) is 0 Å². The zero-order valence-corrected chi connectivity index (χ0v) is 15.8. The van der Waals surface area contributed by atoms with E-state index in [1.54, 1.807) is 4.90 Å². The van der Waals surface area contributed by atoms with Gasteiger partial charge in [-0.15, -0.1) is 0 Å². The molecule has 0 N–H and O–H groups in total. The molecule has 3 saturated heterocycles. The third-order valence-electron chi connectivity index (χ3n) is 6.09. The molecule has 4 rings (SSSR count).